The van der Waals surface area contributed by atoms with Crippen LogP contribution in [0.25, 0.3) is 6.08 Å². The highest BCUT2D eigenvalue weighted by Crippen LogP contribution is 2.24. The van der Waals surface area contributed by atoms with E-state index in [1.807, 2.05) is 30.3 Å². The molecule has 26 heavy (non-hydrogen) atoms. The minimum Gasteiger partial charge on any atom is -0.490 e. The normalized spacial score (nSPS) is 20.3. The van der Waals surface area contributed by atoms with Gasteiger partial charge in [-0.2, -0.15) is 0 Å². The molecule has 3 rings (SSSR count). The van der Waals surface area contributed by atoms with Crippen LogP contribution in [0.3, 0.4) is 0 Å². The Bertz CT molecular complexity index is 778. The number of hydrogen-bond acceptors (Lipinski definition) is 3. The number of likely N-dealkylation sites (tertiary alicyclic amines) is 1. The Labute approximate surface area is 158 Å². The number of β-amino-alcohol motifs (C(OH)–C–C–N with tert-alkyl or cyclic N) is 1. The molecule has 0 radical (unpaired) electrons. The van der Waals surface area contributed by atoms with E-state index in [-0.39, 0.29) is 19.1 Å². The molecule has 2 aromatic carbocycles. The van der Waals surface area contributed by atoms with Gasteiger partial charge in [-0.05, 0) is 42.7 Å². The van der Waals surface area contributed by atoms with E-state index in [4.69, 9.17) is 16.3 Å². The monoisotopic (exact) mass is 371 g/mol. The molecule has 2 aromatic rings. The van der Waals surface area contributed by atoms with Gasteiger partial charge in [0.1, 0.15) is 18.0 Å². The number of benzene rings is 2. The lowest BCUT2D eigenvalue weighted by molar-refractivity contribution is -0.134. The van der Waals surface area contributed by atoms with Crippen LogP contribution in [-0.2, 0) is 4.79 Å². The predicted octanol–water partition coefficient (Wildman–Crippen LogP) is 3.79. The van der Waals surface area contributed by atoms with Crippen molar-refractivity contribution in [1.82, 2.24) is 4.90 Å². The molecule has 1 unspecified atom stereocenters. The fraction of sp³-hybridized carbons (Fsp3) is 0.286. The molecule has 1 heterocycles. The zero-order valence-corrected chi connectivity index (χ0v) is 15.2. The molecule has 1 amide bonds. The first-order valence-corrected chi connectivity index (χ1v) is 9.05. The summed E-state index contributed by atoms with van der Waals surface area (Å²) in [5, 5.41) is 11.4. The Morgan fingerprint density at radius 1 is 1.23 bits per heavy atom. The molecular weight excluding hydrogens is 350 g/mol. The van der Waals surface area contributed by atoms with Crippen molar-refractivity contribution in [2.45, 2.75) is 18.4 Å². The van der Waals surface area contributed by atoms with Gasteiger partial charge in [-0.3, -0.25) is 4.79 Å². The standard InChI is InChI=1S/C21H22ClNO3/c22-18-8-4-9-19(14-18)26-16-21(25)12-5-13-23(15-21)20(24)11-10-17-6-2-1-3-7-17/h1-4,6-11,14,25H,5,12-13,15-16H2. The van der Waals surface area contributed by atoms with Crippen LogP contribution >= 0.6 is 11.6 Å². The highest BCUT2D eigenvalue weighted by molar-refractivity contribution is 6.30. The van der Waals surface area contributed by atoms with Gasteiger partial charge in [0.05, 0.1) is 6.54 Å². The maximum absolute atomic E-state index is 12.4. The molecule has 0 aliphatic carbocycles. The van der Waals surface area contributed by atoms with E-state index in [1.165, 1.54) is 0 Å². The number of piperidine rings is 1. The summed E-state index contributed by atoms with van der Waals surface area (Å²) in [7, 11) is 0. The van der Waals surface area contributed by atoms with Gasteiger partial charge in [-0.25, -0.2) is 0 Å². The number of hydrogen-bond donors (Lipinski definition) is 1. The molecule has 0 saturated carbocycles. The molecule has 1 fully saturated rings. The third kappa shape index (κ3) is 5.10. The van der Waals surface area contributed by atoms with E-state index in [1.54, 1.807) is 41.3 Å². The van der Waals surface area contributed by atoms with Crippen molar-refractivity contribution in [1.29, 1.82) is 0 Å². The van der Waals surface area contributed by atoms with Crippen molar-refractivity contribution in [2.75, 3.05) is 19.7 Å². The smallest absolute Gasteiger partial charge is 0.246 e. The van der Waals surface area contributed by atoms with Crippen molar-refractivity contribution in [3.8, 4) is 5.75 Å². The molecule has 0 bridgehead atoms. The van der Waals surface area contributed by atoms with Crippen LogP contribution in [-0.4, -0.2) is 41.2 Å². The molecule has 4 nitrogen and oxygen atoms in total. The fourth-order valence-electron chi connectivity index (χ4n) is 3.03. The third-order valence-corrected chi connectivity index (χ3v) is 4.62. The first kappa shape index (κ1) is 18.5. The van der Waals surface area contributed by atoms with Crippen LogP contribution in [0.1, 0.15) is 18.4 Å². The number of amides is 1. The maximum Gasteiger partial charge on any atom is 0.246 e. The van der Waals surface area contributed by atoms with Crippen LogP contribution in [0.4, 0.5) is 0 Å². The van der Waals surface area contributed by atoms with Gasteiger partial charge in [-0.1, -0.05) is 48.0 Å². The summed E-state index contributed by atoms with van der Waals surface area (Å²) in [6, 6.07) is 16.7. The Morgan fingerprint density at radius 3 is 2.81 bits per heavy atom. The number of ether oxygens (including phenoxy) is 1. The lowest BCUT2D eigenvalue weighted by Crippen LogP contribution is -2.53. The number of rotatable bonds is 5. The van der Waals surface area contributed by atoms with E-state index < -0.39 is 5.60 Å². The first-order valence-electron chi connectivity index (χ1n) is 8.67. The minimum absolute atomic E-state index is 0.102. The Kier molecular flexibility index (Phi) is 5.96. The van der Waals surface area contributed by atoms with Gasteiger partial charge in [0.15, 0.2) is 0 Å². The van der Waals surface area contributed by atoms with Crippen LogP contribution in [0.2, 0.25) is 5.02 Å². The summed E-state index contributed by atoms with van der Waals surface area (Å²) in [6.45, 7) is 1.02. The highest BCUT2D eigenvalue weighted by Gasteiger charge is 2.35. The molecule has 1 saturated heterocycles. The van der Waals surface area contributed by atoms with Crippen molar-refractivity contribution < 1.29 is 14.6 Å². The SMILES string of the molecule is O=C(C=Cc1ccccc1)N1CCCC(O)(COc2cccc(Cl)c2)C1. The van der Waals surface area contributed by atoms with E-state index in [0.29, 0.717) is 23.7 Å². The average Bonchev–Trinajstić information content (AvgIpc) is 2.65. The quantitative estimate of drug-likeness (QED) is 0.813. The van der Waals surface area contributed by atoms with Gasteiger partial charge in [0, 0.05) is 17.6 Å². The molecule has 0 aromatic heterocycles. The van der Waals surface area contributed by atoms with Crippen molar-refractivity contribution in [3.05, 3.63) is 71.3 Å². The first-order chi connectivity index (χ1) is 12.5. The van der Waals surface area contributed by atoms with Crippen LogP contribution in [0.15, 0.2) is 60.7 Å². The van der Waals surface area contributed by atoms with Gasteiger partial charge in [0.25, 0.3) is 0 Å². The summed E-state index contributed by atoms with van der Waals surface area (Å²) >= 11 is 5.95. The second-order valence-electron chi connectivity index (χ2n) is 6.58. The molecule has 0 spiro atoms. The van der Waals surface area contributed by atoms with Gasteiger partial charge < -0.3 is 14.7 Å². The predicted molar refractivity (Wildman–Crippen MR) is 103 cm³/mol. The molecule has 1 atom stereocenters. The van der Waals surface area contributed by atoms with Crippen molar-refractivity contribution in [3.63, 3.8) is 0 Å². The summed E-state index contributed by atoms with van der Waals surface area (Å²) in [5.74, 6) is 0.507. The molecular formula is C21H22ClNO3. The molecule has 136 valence electrons. The zero-order valence-electron chi connectivity index (χ0n) is 14.5. The van der Waals surface area contributed by atoms with Crippen molar-refractivity contribution in [2.24, 2.45) is 0 Å². The topological polar surface area (TPSA) is 49.8 Å². The average molecular weight is 372 g/mol. The second-order valence-corrected chi connectivity index (χ2v) is 7.01. The molecule has 1 aliphatic rings. The fourth-order valence-corrected chi connectivity index (χ4v) is 3.21. The Hall–Kier alpha value is -2.30. The van der Waals surface area contributed by atoms with E-state index in [2.05, 4.69) is 0 Å². The maximum atomic E-state index is 12.4. The zero-order chi connectivity index (χ0) is 18.4. The summed E-state index contributed by atoms with van der Waals surface area (Å²) in [5.41, 5.74) is -0.0889. The number of carbonyl (C=O) groups is 1. The summed E-state index contributed by atoms with van der Waals surface area (Å²) in [6.07, 6.45) is 4.68. The number of aliphatic hydroxyl groups is 1. The summed E-state index contributed by atoms with van der Waals surface area (Å²) in [4.78, 5) is 14.1. The molecule has 5 heteroatoms. The van der Waals surface area contributed by atoms with E-state index >= 15 is 0 Å². The van der Waals surface area contributed by atoms with Crippen LogP contribution in [0, 0.1) is 0 Å². The highest BCUT2D eigenvalue weighted by atomic mass is 35.5. The number of halogens is 1. The van der Waals surface area contributed by atoms with E-state index in [0.717, 1.165) is 12.0 Å². The summed E-state index contributed by atoms with van der Waals surface area (Å²) < 4.78 is 5.70. The number of nitrogens with zero attached hydrogens (tertiary/aromatic N) is 1. The van der Waals surface area contributed by atoms with Gasteiger partial charge in [-0.15, -0.1) is 0 Å². The lowest BCUT2D eigenvalue weighted by Gasteiger charge is -2.38. The van der Waals surface area contributed by atoms with Crippen LogP contribution in [0.5, 0.6) is 5.75 Å². The third-order valence-electron chi connectivity index (χ3n) is 4.39. The Morgan fingerprint density at radius 2 is 2.04 bits per heavy atom. The second kappa shape index (κ2) is 8.39. The van der Waals surface area contributed by atoms with E-state index in [9.17, 15) is 9.90 Å². The van der Waals surface area contributed by atoms with Crippen molar-refractivity contribution >= 4 is 23.6 Å². The van der Waals surface area contributed by atoms with Gasteiger partial charge >= 0.3 is 0 Å². The largest absolute Gasteiger partial charge is 0.490 e. The lowest BCUT2D eigenvalue weighted by atomic mass is 9.93. The minimum atomic E-state index is -1.06. The van der Waals surface area contributed by atoms with Crippen LogP contribution < -0.4 is 4.74 Å². The Balaban J connectivity index is 1.58. The molecule has 1 N–H and O–H groups in total. The number of carbonyl (C=O) groups excluding carboxylic acids is 1. The van der Waals surface area contributed by atoms with Gasteiger partial charge in [0.2, 0.25) is 5.91 Å². The molecule has 1 aliphatic heterocycles.